The molecule has 3 atom stereocenters. The van der Waals surface area contributed by atoms with Gasteiger partial charge >= 0.3 is 5.97 Å². The molecule has 3 unspecified atom stereocenters. The second-order valence-corrected chi connectivity index (χ2v) is 7.44. The minimum absolute atomic E-state index is 0.0823. The molecule has 162 valence electrons. The van der Waals surface area contributed by atoms with Crippen LogP contribution in [0.25, 0.3) is 0 Å². The topological polar surface area (TPSA) is 134 Å². The van der Waals surface area contributed by atoms with Crippen LogP contribution in [-0.2, 0) is 9.59 Å². The molecule has 0 aliphatic heterocycles. The minimum Gasteiger partial charge on any atom is -0.539 e. The highest BCUT2D eigenvalue weighted by Gasteiger charge is 2.31. The van der Waals surface area contributed by atoms with Gasteiger partial charge < -0.3 is 30.5 Å². The van der Waals surface area contributed by atoms with Crippen molar-refractivity contribution < 1.29 is 35.3 Å². The average Bonchev–Trinajstić information content (AvgIpc) is 2.74. The van der Waals surface area contributed by atoms with Crippen molar-refractivity contribution >= 4 is 11.9 Å². The van der Waals surface area contributed by atoms with Crippen molar-refractivity contribution in [1.82, 2.24) is 0 Å². The quantitative estimate of drug-likeness (QED) is 0.367. The van der Waals surface area contributed by atoms with Crippen molar-refractivity contribution in [2.75, 3.05) is 6.54 Å². The molecule has 0 heterocycles. The Kier molecular flexibility index (Phi) is 10.6. The summed E-state index contributed by atoms with van der Waals surface area (Å²) in [5.74, 6) is -4.01. The van der Waals surface area contributed by atoms with E-state index in [4.69, 9.17) is 19.8 Å². The Balaban J connectivity index is 0.000000612. The highest BCUT2D eigenvalue weighted by atomic mass is 16.4. The van der Waals surface area contributed by atoms with Crippen molar-refractivity contribution in [3.63, 3.8) is 0 Å². The van der Waals surface area contributed by atoms with E-state index in [1.54, 1.807) is 0 Å². The number of hydrogen-bond acceptors (Lipinski definition) is 5. The number of quaternary nitrogens is 1. The first-order valence-corrected chi connectivity index (χ1v) is 10.1. The van der Waals surface area contributed by atoms with Crippen molar-refractivity contribution in [1.29, 1.82) is 0 Å². The van der Waals surface area contributed by atoms with Gasteiger partial charge in [0.05, 0.1) is 12.1 Å². The number of benzene rings is 1. The molecule has 0 saturated heterocycles. The van der Waals surface area contributed by atoms with Gasteiger partial charge in [-0.1, -0.05) is 43.3 Å². The number of rotatable bonds is 8. The zero-order chi connectivity index (χ0) is 21.9. The lowest BCUT2D eigenvalue weighted by molar-refractivity contribution is -0.695. The molecule has 0 saturated carbocycles. The summed E-state index contributed by atoms with van der Waals surface area (Å²) in [7, 11) is 0. The van der Waals surface area contributed by atoms with E-state index in [9.17, 15) is 10.2 Å². The van der Waals surface area contributed by atoms with E-state index in [0.717, 1.165) is 37.8 Å². The number of nitrogens with two attached hydrogens (primary N) is 1. The molecule has 0 spiro atoms. The molecule has 0 bridgehead atoms. The van der Waals surface area contributed by atoms with E-state index in [0.29, 0.717) is 0 Å². The number of carboxylic acid groups (broad SMARTS) is 2. The number of allylic oxidation sites excluding steroid dienone is 1. The minimum atomic E-state index is -2.07. The number of hydrogen-bond donors (Lipinski definition) is 4. The second-order valence-electron chi connectivity index (χ2n) is 7.44. The monoisotopic (exact) mass is 407 g/mol. The van der Waals surface area contributed by atoms with Gasteiger partial charge in [0.1, 0.15) is 12.1 Å². The molecule has 1 aromatic carbocycles. The lowest BCUT2D eigenvalue weighted by Crippen LogP contribution is -2.90. The zero-order valence-corrected chi connectivity index (χ0v) is 17.2. The normalized spacial score (nSPS) is 17.7. The first-order valence-electron chi connectivity index (χ1n) is 10.1. The van der Waals surface area contributed by atoms with E-state index in [1.165, 1.54) is 18.4 Å². The molecule has 0 aromatic heterocycles. The van der Waals surface area contributed by atoms with Crippen molar-refractivity contribution in [3.8, 4) is 0 Å². The van der Waals surface area contributed by atoms with Crippen LogP contribution in [0, 0.1) is 0 Å². The summed E-state index contributed by atoms with van der Waals surface area (Å²) < 4.78 is 0. The Hall–Kier alpha value is -2.22. The average molecular weight is 408 g/mol. The van der Waals surface area contributed by atoms with Crippen LogP contribution in [0.1, 0.15) is 64.0 Å². The SMILES string of the molecule is CCC(O)(CC[NH2+]C(C)C(O)c1ccccc1)C1=CCCCC1.O=C([O-])C(=O)O. The largest absolute Gasteiger partial charge is 0.539 e. The molecule has 5 N–H and O–H groups in total. The molecule has 0 amide bonds. The molecule has 0 radical (unpaired) electrons. The molecule has 2 rings (SSSR count). The highest BCUT2D eigenvalue weighted by Crippen LogP contribution is 2.32. The smallest absolute Gasteiger partial charge is 0.351 e. The van der Waals surface area contributed by atoms with Crippen LogP contribution in [0.15, 0.2) is 42.0 Å². The third-order valence-electron chi connectivity index (χ3n) is 5.38. The number of carboxylic acids is 2. The molecule has 7 nitrogen and oxygen atoms in total. The van der Waals surface area contributed by atoms with E-state index >= 15 is 0 Å². The predicted octanol–water partition coefficient (Wildman–Crippen LogP) is 0.524. The summed E-state index contributed by atoms with van der Waals surface area (Å²) in [5, 5.41) is 39.9. The van der Waals surface area contributed by atoms with Gasteiger partial charge in [0.25, 0.3) is 0 Å². The maximum Gasteiger partial charge on any atom is 0.351 e. The first kappa shape index (κ1) is 24.8. The molecular weight excluding hydrogens is 374 g/mol. The highest BCUT2D eigenvalue weighted by molar-refractivity contribution is 6.26. The fraction of sp³-hybridized carbons (Fsp3) is 0.545. The maximum atomic E-state index is 11.0. The molecule has 29 heavy (non-hydrogen) atoms. The molecule has 1 aromatic rings. The summed E-state index contributed by atoms with van der Waals surface area (Å²) in [6, 6.07) is 9.88. The third kappa shape index (κ3) is 8.35. The van der Waals surface area contributed by atoms with E-state index in [2.05, 4.69) is 18.3 Å². The first-order chi connectivity index (χ1) is 13.7. The number of carbonyl (C=O) groups is 2. The summed E-state index contributed by atoms with van der Waals surface area (Å²) in [4.78, 5) is 18.0. The van der Waals surface area contributed by atoms with Crippen LogP contribution in [0.3, 0.4) is 0 Å². The number of aliphatic hydroxyl groups excluding tert-OH is 1. The van der Waals surface area contributed by atoms with Gasteiger partial charge in [-0.25, -0.2) is 4.79 Å². The number of carbonyl (C=O) groups excluding carboxylic acids is 1. The molecule has 1 aliphatic rings. The Morgan fingerprint density at radius 3 is 2.34 bits per heavy atom. The van der Waals surface area contributed by atoms with Gasteiger partial charge in [-0.3, -0.25) is 0 Å². The summed E-state index contributed by atoms with van der Waals surface area (Å²) in [5.41, 5.74) is 1.53. The molecular formula is C22H33NO6. The van der Waals surface area contributed by atoms with Crippen LogP contribution in [-0.4, -0.2) is 45.4 Å². The van der Waals surface area contributed by atoms with Gasteiger partial charge in [0.15, 0.2) is 5.97 Å². The maximum absolute atomic E-state index is 11.0. The Morgan fingerprint density at radius 2 is 1.86 bits per heavy atom. The summed E-state index contributed by atoms with van der Waals surface area (Å²) >= 11 is 0. The predicted molar refractivity (Wildman–Crippen MR) is 107 cm³/mol. The van der Waals surface area contributed by atoms with Crippen LogP contribution in [0.2, 0.25) is 0 Å². The van der Waals surface area contributed by atoms with Crippen molar-refractivity contribution in [2.45, 2.75) is 70.1 Å². The van der Waals surface area contributed by atoms with Crippen molar-refractivity contribution in [2.24, 2.45) is 0 Å². The number of aliphatic carboxylic acids is 2. The van der Waals surface area contributed by atoms with Gasteiger partial charge in [-0.2, -0.15) is 0 Å². The van der Waals surface area contributed by atoms with Gasteiger partial charge in [0.2, 0.25) is 0 Å². The van der Waals surface area contributed by atoms with Gasteiger partial charge in [-0.05, 0) is 50.2 Å². The van der Waals surface area contributed by atoms with Crippen LogP contribution in [0.5, 0.6) is 0 Å². The number of aliphatic hydroxyl groups is 2. The summed E-state index contributed by atoms with van der Waals surface area (Å²) in [6.07, 6.45) is 7.87. The molecule has 0 fully saturated rings. The lowest BCUT2D eigenvalue weighted by atomic mass is 9.81. The van der Waals surface area contributed by atoms with Gasteiger partial charge in [0, 0.05) is 6.42 Å². The fourth-order valence-electron chi connectivity index (χ4n) is 3.49. The van der Waals surface area contributed by atoms with E-state index in [-0.39, 0.29) is 6.04 Å². The lowest BCUT2D eigenvalue weighted by Gasteiger charge is -2.32. The molecule has 1 aliphatic carbocycles. The Bertz CT molecular complexity index is 663. The molecule has 7 heteroatoms. The standard InChI is InChI=1S/C20H31NO2.C2H2O4/c1-3-20(23,18-12-8-5-9-13-18)14-15-21-16(2)19(22)17-10-6-4-7-11-17;3-1(4)2(5)6/h4,6-7,10-12,16,19,21-23H,3,5,8-9,13-15H2,1-2H3;(H,3,4)(H,5,6). The second kappa shape index (κ2) is 12.4. The Morgan fingerprint density at radius 1 is 1.24 bits per heavy atom. The van der Waals surface area contributed by atoms with E-state index < -0.39 is 23.6 Å². The fourth-order valence-corrected chi connectivity index (χ4v) is 3.49. The third-order valence-corrected chi connectivity index (χ3v) is 5.38. The van der Waals surface area contributed by atoms with Crippen molar-refractivity contribution in [3.05, 3.63) is 47.5 Å². The summed E-state index contributed by atoms with van der Waals surface area (Å²) in [6.45, 7) is 4.94. The van der Waals surface area contributed by atoms with Crippen LogP contribution in [0.4, 0.5) is 0 Å². The van der Waals surface area contributed by atoms with E-state index in [1.807, 2.05) is 37.3 Å². The Labute approximate surface area is 172 Å². The van der Waals surface area contributed by atoms with Crippen LogP contribution >= 0.6 is 0 Å². The van der Waals surface area contributed by atoms with Crippen LogP contribution < -0.4 is 10.4 Å². The zero-order valence-electron chi connectivity index (χ0n) is 17.2. The van der Waals surface area contributed by atoms with Gasteiger partial charge in [-0.15, -0.1) is 0 Å².